The van der Waals surface area contributed by atoms with Crippen LogP contribution in [0.3, 0.4) is 0 Å². The molecular weight excluding hydrogens is 256 g/mol. The lowest BCUT2D eigenvalue weighted by Crippen LogP contribution is -2.38. The second-order valence-corrected chi connectivity index (χ2v) is 7.89. The van der Waals surface area contributed by atoms with Gasteiger partial charge in [0.1, 0.15) is 0 Å². The van der Waals surface area contributed by atoms with E-state index in [2.05, 4.69) is 54.7 Å². The van der Waals surface area contributed by atoms with Gasteiger partial charge in [-0.15, -0.1) is 0 Å². The van der Waals surface area contributed by atoms with Crippen LogP contribution in [0.5, 0.6) is 0 Å². The van der Waals surface area contributed by atoms with E-state index in [1.54, 1.807) is 0 Å². The molecule has 0 radical (unpaired) electrons. The first-order chi connectivity index (χ1) is 10.3. The molecule has 0 heterocycles. The molecule has 1 nitrogen and oxygen atoms in total. The van der Waals surface area contributed by atoms with Crippen LogP contribution in [0.4, 0.5) is 0 Å². The summed E-state index contributed by atoms with van der Waals surface area (Å²) in [6.45, 7) is 0. The van der Waals surface area contributed by atoms with Crippen LogP contribution < -0.4 is 0 Å². The minimum atomic E-state index is -0.590. The van der Waals surface area contributed by atoms with Gasteiger partial charge >= 0.3 is 0 Å². The summed E-state index contributed by atoms with van der Waals surface area (Å²) in [5, 5.41) is 11.6. The van der Waals surface area contributed by atoms with E-state index in [1.807, 2.05) is 0 Å². The summed E-state index contributed by atoms with van der Waals surface area (Å²) in [4.78, 5) is 0. The molecule has 0 aromatic rings. The first kappa shape index (κ1) is 11.3. The van der Waals surface area contributed by atoms with Crippen LogP contribution in [-0.2, 0) is 0 Å². The van der Waals surface area contributed by atoms with Crippen LogP contribution in [0.1, 0.15) is 6.42 Å². The Bertz CT molecular complexity index is 678. The fourth-order valence-corrected chi connectivity index (χ4v) is 6.42. The molecule has 0 aliphatic heterocycles. The first-order valence-electron chi connectivity index (χ1n) is 8.43. The summed E-state index contributed by atoms with van der Waals surface area (Å²) in [5.74, 6) is 4.48. The maximum atomic E-state index is 11.6. The van der Waals surface area contributed by atoms with Gasteiger partial charge in [0.25, 0.3) is 0 Å². The predicted molar refractivity (Wildman–Crippen MR) is 82.1 cm³/mol. The van der Waals surface area contributed by atoms with Gasteiger partial charge in [0.05, 0.1) is 5.60 Å². The Balaban J connectivity index is 1.47. The Morgan fingerprint density at radius 1 is 0.810 bits per heavy atom. The van der Waals surface area contributed by atoms with E-state index in [0.717, 1.165) is 6.42 Å². The van der Waals surface area contributed by atoms with Gasteiger partial charge in [-0.1, -0.05) is 54.7 Å². The van der Waals surface area contributed by atoms with Crippen molar-refractivity contribution < 1.29 is 5.11 Å². The Hall–Kier alpha value is -1.34. The zero-order valence-electron chi connectivity index (χ0n) is 12.0. The molecule has 1 heteroatoms. The summed E-state index contributed by atoms with van der Waals surface area (Å²) in [5.41, 5.74) is 0.756. The normalized spacial score (nSPS) is 60.1. The number of rotatable bonds is 1. The lowest BCUT2D eigenvalue weighted by Gasteiger charge is -2.34. The van der Waals surface area contributed by atoms with Crippen LogP contribution in [0.2, 0.25) is 0 Å². The minimum Gasteiger partial charge on any atom is -0.385 e. The van der Waals surface area contributed by atoms with Crippen LogP contribution >= 0.6 is 0 Å². The van der Waals surface area contributed by atoms with E-state index in [0.29, 0.717) is 47.3 Å². The van der Waals surface area contributed by atoms with Gasteiger partial charge in [-0.2, -0.15) is 0 Å². The van der Waals surface area contributed by atoms with Crippen molar-refractivity contribution in [3.63, 3.8) is 0 Å². The molecule has 106 valence electrons. The van der Waals surface area contributed by atoms with E-state index in [1.165, 1.54) is 5.57 Å². The van der Waals surface area contributed by atoms with E-state index in [-0.39, 0.29) is 0 Å². The summed E-state index contributed by atoms with van der Waals surface area (Å²) in [7, 11) is 0. The second-order valence-electron chi connectivity index (χ2n) is 7.89. The zero-order valence-corrected chi connectivity index (χ0v) is 12.0. The molecule has 0 unspecified atom stereocenters. The van der Waals surface area contributed by atoms with Crippen LogP contribution in [0, 0.1) is 47.3 Å². The molecular formula is C20H20O. The van der Waals surface area contributed by atoms with Crippen LogP contribution in [0.25, 0.3) is 0 Å². The van der Waals surface area contributed by atoms with Crippen molar-refractivity contribution in [3.8, 4) is 0 Å². The van der Waals surface area contributed by atoms with Crippen LogP contribution in [0.15, 0.2) is 60.3 Å². The molecule has 1 saturated carbocycles. The molecule has 0 aromatic carbocycles. The zero-order chi connectivity index (χ0) is 13.8. The number of aliphatic hydroxyl groups is 1. The van der Waals surface area contributed by atoms with Crippen molar-refractivity contribution in [2.75, 3.05) is 0 Å². The number of allylic oxidation sites excluding steroid dienone is 8. The largest absolute Gasteiger partial charge is 0.385 e. The monoisotopic (exact) mass is 276 g/mol. The molecule has 0 aromatic heterocycles. The highest BCUT2D eigenvalue weighted by molar-refractivity contribution is 5.45. The SMILES string of the molecule is O[C@@]1(C2=C[C@@H]3C=C[C@@H]4C=C[C@@H]2[C@H]43)C[C@@H]2C=C[C@@H]3C=C[C@H]1[C@@H]32. The van der Waals surface area contributed by atoms with E-state index in [4.69, 9.17) is 0 Å². The molecule has 6 rings (SSSR count). The highest BCUT2D eigenvalue weighted by Gasteiger charge is 2.61. The quantitative estimate of drug-likeness (QED) is 0.729. The fourth-order valence-electron chi connectivity index (χ4n) is 6.42. The van der Waals surface area contributed by atoms with Gasteiger partial charge in [0.15, 0.2) is 0 Å². The van der Waals surface area contributed by atoms with Crippen molar-refractivity contribution in [1.29, 1.82) is 0 Å². The Morgan fingerprint density at radius 3 is 2.48 bits per heavy atom. The molecule has 1 N–H and O–H groups in total. The Kier molecular flexibility index (Phi) is 1.80. The third-order valence-electron chi connectivity index (χ3n) is 7.20. The lowest BCUT2D eigenvalue weighted by atomic mass is 9.75. The maximum absolute atomic E-state index is 11.6. The molecule has 0 amide bonds. The van der Waals surface area contributed by atoms with Crippen molar-refractivity contribution in [2.24, 2.45) is 47.3 Å². The smallest absolute Gasteiger partial charge is 0.0934 e. The van der Waals surface area contributed by atoms with Crippen molar-refractivity contribution in [3.05, 3.63) is 60.3 Å². The van der Waals surface area contributed by atoms with Gasteiger partial charge in [-0.25, -0.2) is 0 Å². The van der Waals surface area contributed by atoms with Gasteiger partial charge in [-0.05, 0) is 47.5 Å². The highest BCUT2D eigenvalue weighted by atomic mass is 16.3. The van der Waals surface area contributed by atoms with E-state index >= 15 is 0 Å². The molecule has 0 bridgehead atoms. The molecule has 0 saturated heterocycles. The molecule has 1 fully saturated rings. The standard InChI is InChI=1S/C20H20O/c21-20(10-14-4-2-12-6-8-16(20)19(12)14)17-9-13-3-1-11-5-7-15(17)18(11)13/h1-9,11-16,18-19,21H,10H2/t11-,12-,13+,14+,15+,16+,18-,19+,20+/m1/s1. The van der Waals surface area contributed by atoms with Gasteiger partial charge in [0.2, 0.25) is 0 Å². The average molecular weight is 276 g/mol. The summed E-state index contributed by atoms with van der Waals surface area (Å²) >= 11 is 0. The first-order valence-corrected chi connectivity index (χ1v) is 8.43. The lowest BCUT2D eigenvalue weighted by molar-refractivity contribution is 0.0405. The maximum Gasteiger partial charge on any atom is 0.0934 e. The molecule has 6 aliphatic rings. The van der Waals surface area contributed by atoms with E-state index < -0.39 is 5.60 Å². The molecule has 9 atom stereocenters. The second kappa shape index (κ2) is 3.35. The van der Waals surface area contributed by atoms with Gasteiger partial charge < -0.3 is 5.11 Å². The van der Waals surface area contributed by atoms with E-state index in [9.17, 15) is 5.11 Å². The molecule has 21 heavy (non-hydrogen) atoms. The number of hydrogen-bond donors (Lipinski definition) is 1. The third kappa shape index (κ3) is 1.13. The molecule has 6 aliphatic carbocycles. The fraction of sp³-hybridized carbons (Fsp3) is 0.500. The van der Waals surface area contributed by atoms with Gasteiger partial charge in [-0.3, -0.25) is 0 Å². The predicted octanol–water partition coefficient (Wildman–Crippen LogP) is 3.27. The topological polar surface area (TPSA) is 20.2 Å². The molecule has 0 spiro atoms. The minimum absolute atomic E-state index is 0.337. The van der Waals surface area contributed by atoms with Gasteiger partial charge in [0, 0.05) is 11.8 Å². The Morgan fingerprint density at radius 2 is 1.52 bits per heavy atom. The van der Waals surface area contributed by atoms with Crippen LogP contribution in [-0.4, -0.2) is 10.7 Å². The Labute approximate surface area is 125 Å². The summed E-state index contributed by atoms with van der Waals surface area (Å²) in [6.07, 6.45) is 22.2. The number of hydrogen-bond acceptors (Lipinski definition) is 1. The van der Waals surface area contributed by atoms with Crippen molar-refractivity contribution >= 4 is 0 Å². The van der Waals surface area contributed by atoms with Crippen molar-refractivity contribution in [2.45, 2.75) is 12.0 Å². The third-order valence-corrected chi connectivity index (χ3v) is 7.20. The summed E-state index contributed by atoms with van der Waals surface area (Å²) < 4.78 is 0. The van der Waals surface area contributed by atoms with Crippen molar-refractivity contribution in [1.82, 2.24) is 0 Å². The average Bonchev–Trinajstić information content (AvgIpc) is 3.22. The highest BCUT2D eigenvalue weighted by Crippen LogP contribution is 2.63. The summed E-state index contributed by atoms with van der Waals surface area (Å²) in [6, 6.07) is 0.